The molecular weight excluding hydrogens is 240 g/mol. The Morgan fingerprint density at radius 1 is 1.50 bits per heavy atom. The van der Waals surface area contributed by atoms with E-state index < -0.39 is 6.61 Å². The van der Waals surface area contributed by atoms with Crippen molar-refractivity contribution in [2.75, 3.05) is 0 Å². The van der Waals surface area contributed by atoms with Crippen LogP contribution in [-0.4, -0.2) is 12.5 Å². The number of rotatable bonds is 5. The molecule has 1 aromatic rings. The first-order chi connectivity index (χ1) is 8.56. The summed E-state index contributed by atoms with van der Waals surface area (Å²) in [6, 6.07) is 4.92. The SMILES string of the molecule is Cc1cc(CNC(=O)C2CC2)ccc1OC(F)F. The van der Waals surface area contributed by atoms with E-state index in [0.717, 1.165) is 18.4 Å². The van der Waals surface area contributed by atoms with Gasteiger partial charge in [0.05, 0.1) is 0 Å². The van der Waals surface area contributed by atoms with Gasteiger partial charge in [-0.3, -0.25) is 4.79 Å². The second-order valence-electron chi connectivity index (χ2n) is 4.47. The molecule has 0 radical (unpaired) electrons. The fourth-order valence-corrected chi connectivity index (χ4v) is 1.73. The molecule has 0 spiro atoms. The maximum atomic E-state index is 12.1. The van der Waals surface area contributed by atoms with Crippen LogP contribution in [0.25, 0.3) is 0 Å². The molecule has 2 rings (SSSR count). The summed E-state index contributed by atoms with van der Waals surface area (Å²) in [5, 5.41) is 2.82. The second kappa shape index (κ2) is 5.33. The number of ether oxygens (including phenoxy) is 1. The average Bonchev–Trinajstić information content (AvgIpc) is 3.12. The number of halogens is 2. The van der Waals surface area contributed by atoms with Crippen molar-refractivity contribution < 1.29 is 18.3 Å². The Hall–Kier alpha value is -1.65. The molecule has 0 saturated heterocycles. The zero-order valence-electron chi connectivity index (χ0n) is 10.1. The minimum absolute atomic E-state index is 0.0700. The number of alkyl halides is 2. The van der Waals surface area contributed by atoms with E-state index >= 15 is 0 Å². The summed E-state index contributed by atoms with van der Waals surface area (Å²) in [6.07, 6.45) is 1.93. The highest BCUT2D eigenvalue weighted by molar-refractivity contribution is 5.80. The van der Waals surface area contributed by atoms with Crippen LogP contribution >= 0.6 is 0 Å². The summed E-state index contributed by atoms with van der Waals surface area (Å²) in [6.45, 7) is -0.696. The lowest BCUT2D eigenvalue weighted by Gasteiger charge is -2.10. The number of nitrogens with one attached hydrogen (secondary N) is 1. The zero-order chi connectivity index (χ0) is 13.1. The lowest BCUT2D eigenvalue weighted by Crippen LogP contribution is -2.24. The molecule has 1 amide bonds. The van der Waals surface area contributed by atoms with E-state index in [0.29, 0.717) is 12.1 Å². The van der Waals surface area contributed by atoms with Crippen LogP contribution in [0.3, 0.4) is 0 Å². The standard InChI is InChI=1S/C13H15F2NO2/c1-8-6-9(2-5-11(8)18-13(14)15)7-16-12(17)10-3-4-10/h2,5-6,10,13H,3-4,7H2,1H3,(H,16,17). The van der Waals surface area contributed by atoms with Crippen molar-refractivity contribution in [2.45, 2.75) is 32.9 Å². The number of carbonyl (C=O) groups excluding carboxylic acids is 1. The number of aryl methyl sites for hydroxylation is 1. The molecule has 1 saturated carbocycles. The van der Waals surface area contributed by atoms with Crippen molar-refractivity contribution in [1.29, 1.82) is 0 Å². The summed E-state index contributed by atoms with van der Waals surface area (Å²) in [5.74, 6) is 0.412. The molecule has 1 aliphatic rings. The van der Waals surface area contributed by atoms with Gasteiger partial charge in [0.25, 0.3) is 0 Å². The Morgan fingerprint density at radius 3 is 2.78 bits per heavy atom. The first-order valence-corrected chi connectivity index (χ1v) is 5.88. The van der Waals surface area contributed by atoms with E-state index in [-0.39, 0.29) is 17.6 Å². The number of amides is 1. The van der Waals surface area contributed by atoms with Gasteiger partial charge in [0, 0.05) is 12.5 Å². The van der Waals surface area contributed by atoms with Crippen LogP contribution < -0.4 is 10.1 Å². The van der Waals surface area contributed by atoms with E-state index in [4.69, 9.17) is 0 Å². The van der Waals surface area contributed by atoms with Crippen molar-refractivity contribution in [1.82, 2.24) is 5.32 Å². The Labute approximate surface area is 104 Å². The van der Waals surface area contributed by atoms with Gasteiger partial charge >= 0.3 is 6.61 Å². The highest BCUT2D eigenvalue weighted by Gasteiger charge is 2.29. The molecule has 0 atom stereocenters. The summed E-state index contributed by atoms with van der Waals surface area (Å²) in [7, 11) is 0. The second-order valence-corrected chi connectivity index (χ2v) is 4.47. The molecule has 3 nitrogen and oxygen atoms in total. The predicted octanol–water partition coefficient (Wildman–Crippen LogP) is 2.62. The normalized spacial score (nSPS) is 14.7. The van der Waals surface area contributed by atoms with Gasteiger partial charge < -0.3 is 10.1 Å². The average molecular weight is 255 g/mol. The first kappa shape index (κ1) is 12.8. The summed E-state index contributed by atoms with van der Waals surface area (Å²) < 4.78 is 28.5. The molecule has 0 unspecified atom stereocenters. The summed E-state index contributed by atoms with van der Waals surface area (Å²) in [4.78, 5) is 11.4. The summed E-state index contributed by atoms with van der Waals surface area (Å²) >= 11 is 0. The smallest absolute Gasteiger partial charge is 0.387 e. The lowest BCUT2D eigenvalue weighted by atomic mass is 10.1. The Balaban J connectivity index is 1.93. The van der Waals surface area contributed by atoms with E-state index in [1.165, 1.54) is 6.07 Å². The fourth-order valence-electron chi connectivity index (χ4n) is 1.73. The molecule has 0 bridgehead atoms. The van der Waals surface area contributed by atoms with Crippen molar-refractivity contribution in [2.24, 2.45) is 5.92 Å². The van der Waals surface area contributed by atoms with Crippen LogP contribution in [0.5, 0.6) is 5.75 Å². The van der Waals surface area contributed by atoms with Gasteiger partial charge in [-0.25, -0.2) is 0 Å². The Kier molecular flexibility index (Phi) is 3.79. The van der Waals surface area contributed by atoms with Crippen LogP contribution in [0.4, 0.5) is 8.78 Å². The maximum absolute atomic E-state index is 12.1. The third kappa shape index (κ3) is 3.42. The van der Waals surface area contributed by atoms with Crippen molar-refractivity contribution >= 4 is 5.91 Å². The Bertz CT molecular complexity index is 445. The minimum atomic E-state index is -2.82. The molecular formula is C13H15F2NO2. The third-order valence-corrected chi connectivity index (χ3v) is 2.87. The third-order valence-electron chi connectivity index (χ3n) is 2.87. The van der Waals surface area contributed by atoms with E-state index in [1.807, 2.05) is 0 Å². The monoisotopic (exact) mass is 255 g/mol. The van der Waals surface area contributed by atoms with Gasteiger partial charge in [0.1, 0.15) is 5.75 Å². The molecule has 0 heterocycles. The van der Waals surface area contributed by atoms with Crippen LogP contribution in [0.15, 0.2) is 18.2 Å². The number of carbonyl (C=O) groups is 1. The predicted molar refractivity (Wildman–Crippen MR) is 62.4 cm³/mol. The topological polar surface area (TPSA) is 38.3 Å². The van der Waals surface area contributed by atoms with Gasteiger partial charge in [-0.2, -0.15) is 8.78 Å². The van der Waals surface area contributed by atoms with Crippen LogP contribution in [0.1, 0.15) is 24.0 Å². The maximum Gasteiger partial charge on any atom is 0.387 e. The van der Waals surface area contributed by atoms with E-state index in [2.05, 4.69) is 10.1 Å². The van der Waals surface area contributed by atoms with Gasteiger partial charge in [0.2, 0.25) is 5.91 Å². The molecule has 18 heavy (non-hydrogen) atoms. The minimum Gasteiger partial charge on any atom is -0.435 e. The van der Waals surface area contributed by atoms with Gasteiger partial charge in [-0.05, 0) is 37.0 Å². The summed E-state index contributed by atoms with van der Waals surface area (Å²) in [5.41, 5.74) is 1.51. The molecule has 5 heteroatoms. The highest BCUT2D eigenvalue weighted by Crippen LogP contribution is 2.29. The fraction of sp³-hybridized carbons (Fsp3) is 0.462. The van der Waals surface area contributed by atoms with E-state index in [1.54, 1.807) is 19.1 Å². The highest BCUT2D eigenvalue weighted by atomic mass is 19.3. The molecule has 0 aliphatic heterocycles. The molecule has 0 aromatic heterocycles. The zero-order valence-corrected chi connectivity index (χ0v) is 10.1. The number of benzene rings is 1. The van der Waals surface area contributed by atoms with Gasteiger partial charge in [-0.15, -0.1) is 0 Å². The molecule has 1 aliphatic carbocycles. The molecule has 98 valence electrons. The van der Waals surface area contributed by atoms with Gasteiger partial charge in [-0.1, -0.05) is 12.1 Å². The van der Waals surface area contributed by atoms with Crippen molar-refractivity contribution in [3.05, 3.63) is 29.3 Å². The van der Waals surface area contributed by atoms with Crippen LogP contribution in [0, 0.1) is 12.8 Å². The lowest BCUT2D eigenvalue weighted by molar-refractivity contribution is -0.122. The van der Waals surface area contributed by atoms with Crippen molar-refractivity contribution in [3.63, 3.8) is 0 Å². The molecule has 1 aromatic carbocycles. The number of hydrogen-bond donors (Lipinski definition) is 1. The first-order valence-electron chi connectivity index (χ1n) is 5.88. The molecule has 1 N–H and O–H groups in total. The van der Waals surface area contributed by atoms with E-state index in [9.17, 15) is 13.6 Å². The number of hydrogen-bond acceptors (Lipinski definition) is 2. The van der Waals surface area contributed by atoms with Crippen molar-refractivity contribution in [3.8, 4) is 5.75 Å². The van der Waals surface area contributed by atoms with Crippen LogP contribution in [0.2, 0.25) is 0 Å². The van der Waals surface area contributed by atoms with Gasteiger partial charge in [0.15, 0.2) is 0 Å². The molecule has 1 fully saturated rings. The quantitative estimate of drug-likeness (QED) is 0.878. The van der Waals surface area contributed by atoms with Crippen LogP contribution in [-0.2, 0) is 11.3 Å². The Morgan fingerprint density at radius 2 is 2.22 bits per heavy atom. The largest absolute Gasteiger partial charge is 0.435 e.